The molecule has 6 nitrogen and oxygen atoms in total. The van der Waals surface area contributed by atoms with Gasteiger partial charge in [0.15, 0.2) is 5.13 Å². The Labute approximate surface area is 228 Å². The third kappa shape index (κ3) is 5.76. The number of nitrogens with one attached hydrogen (secondary N) is 1. The molecule has 0 saturated carbocycles. The van der Waals surface area contributed by atoms with Gasteiger partial charge in [-0.25, -0.2) is 9.78 Å². The van der Waals surface area contributed by atoms with Crippen LogP contribution < -0.4 is 5.32 Å². The molecule has 0 unspecified atom stereocenters. The number of carbonyl (C=O) groups excluding carboxylic acids is 1. The van der Waals surface area contributed by atoms with E-state index in [0.29, 0.717) is 17.4 Å². The Hall–Kier alpha value is -3.24. The minimum absolute atomic E-state index is 0.0516. The van der Waals surface area contributed by atoms with Crippen LogP contribution in [0.4, 0.5) is 5.13 Å². The van der Waals surface area contributed by atoms with Gasteiger partial charge in [0.1, 0.15) is 17.8 Å². The largest absolute Gasteiger partial charge is 0.461 e. The zero-order chi connectivity index (χ0) is 25.2. The Kier molecular flexibility index (Phi) is 9.07. The molecule has 0 atom stereocenters. The summed E-state index contributed by atoms with van der Waals surface area (Å²) in [6.45, 7) is 2.37. The lowest BCUT2D eigenvalue weighted by molar-refractivity contribution is -0.135. The Morgan fingerprint density at radius 1 is 0.944 bits per heavy atom. The number of rotatable bonds is 11. The minimum Gasteiger partial charge on any atom is -0.461 e. The van der Waals surface area contributed by atoms with Crippen molar-refractivity contribution in [1.29, 1.82) is 0 Å². The molecule has 1 heterocycles. The van der Waals surface area contributed by atoms with Gasteiger partial charge in [-0.1, -0.05) is 119 Å². The van der Waals surface area contributed by atoms with Crippen molar-refractivity contribution in [3.8, 4) is 0 Å². The second-order valence-electron chi connectivity index (χ2n) is 7.69. The normalized spacial score (nSPS) is 11.7. The number of ether oxygens (including phenoxy) is 1. The van der Waals surface area contributed by atoms with Crippen LogP contribution in [-0.4, -0.2) is 34.3 Å². The number of benzene rings is 3. The summed E-state index contributed by atoms with van der Waals surface area (Å²) in [6, 6.07) is 30.8. The predicted octanol–water partition coefficient (Wildman–Crippen LogP) is 6.27. The summed E-state index contributed by atoms with van der Waals surface area (Å²) in [5.41, 5.74) is 2.90. The first kappa shape index (κ1) is 25.8. The summed E-state index contributed by atoms with van der Waals surface area (Å²) in [5, 5.41) is 10.2. The predicted molar refractivity (Wildman–Crippen MR) is 153 cm³/mol. The van der Waals surface area contributed by atoms with Gasteiger partial charge in [0.25, 0.3) is 0 Å². The maximum Gasteiger partial charge on any atom is 0.362 e. The van der Waals surface area contributed by atoms with Crippen LogP contribution in [-0.2, 0) is 19.9 Å². The zero-order valence-corrected chi connectivity index (χ0v) is 22.7. The SMILES string of the molecule is CCOC(=O)/C(=N\OCCI)c1csc(NC(c2ccccc2)(c2ccccc2)c2ccccc2)n1. The van der Waals surface area contributed by atoms with Crippen molar-refractivity contribution in [3.63, 3.8) is 0 Å². The van der Waals surface area contributed by atoms with E-state index in [1.54, 1.807) is 12.3 Å². The number of aromatic nitrogens is 1. The molecule has 0 amide bonds. The fraction of sp³-hybridized carbons (Fsp3) is 0.179. The van der Waals surface area contributed by atoms with E-state index in [1.807, 2.05) is 54.6 Å². The first-order chi connectivity index (χ1) is 17.7. The van der Waals surface area contributed by atoms with E-state index < -0.39 is 11.5 Å². The van der Waals surface area contributed by atoms with Crippen LogP contribution in [0.5, 0.6) is 0 Å². The number of anilines is 1. The molecule has 0 fully saturated rings. The number of esters is 1. The summed E-state index contributed by atoms with van der Waals surface area (Å²) in [4.78, 5) is 22.7. The monoisotopic (exact) mass is 611 g/mol. The molecule has 0 aliphatic carbocycles. The van der Waals surface area contributed by atoms with Gasteiger partial charge >= 0.3 is 5.97 Å². The van der Waals surface area contributed by atoms with Crippen molar-refractivity contribution in [2.24, 2.45) is 5.16 Å². The average Bonchev–Trinajstić information content (AvgIpc) is 3.39. The first-order valence-electron chi connectivity index (χ1n) is 11.5. The van der Waals surface area contributed by atoms with Crippen molar-refractivity contribution in [2.45, 2.75) is 12.5 Å². The average molecular weight is 612 g/mol. The molecular weight excluding hydrogens is 585 g/mol. The number of nitrogens with zero attached hydrogens (tertiary/aromatic N) is 2. The summed E-state index contributed by atoms with van der Waals surface area (Å²) in [5.74, 6) is -0.566. The Morgan fingerprint density at radius 2 is 1.47 bits per heavy atom. The standard InChI is InChI=1S/C28H26IN3O3S/c1-2-34-26(33)25(32-35-19-18-29)24-20-36-27(30-24)31-28(21-12-6-3-7-13-21,22-14-8-4-9-15-22)23-16-10-5-11-17-23/h3-17,20H,2,18-19H2,1H3,(H,30,31)/b32-25-. The second kappa shape index (κ2) is 12.6. The second-order valence-corrected chi connectivity index (χ2v) is 9.63. The highest BCUT2D eigenvalue weighted by molar-refractivity contribution is 14.1. The van der Waals surface area contributed by atoms with Crippen molar-refractivity contribution in [1.82, 2.24) is 4.98 Å². The van der Waals surface area contributed by atoms with E-state index in [0.717, 1.165) is 21.1 Å². The summed E-state index contributed by atoms with van der Waals surface area (Å²) in [6.07, 6.45) is 0. The van der Waals surface area contributed by atoms with Crippen molar-refractivity contribution >= 4 is 50.7 Å². The number of halogens is 1. The maximum atomic E-state index is 12.6. The smallest absolute Gasteiger partial charge is 0.362 e. The molecule has 8 heteroatoms. The molecule has 4 rings (SSSR count). The van der Waals surface area contributed by atoms with Gasteiger partial charge in [-0.15, -0.1) is 11.3 Å². The maximum absolute atomic E-state index is 12.6. The molecule has 1 N–H and O–H groups in total. The van der Waals surface area contributed by atoms with Gasteiger partial charge in [-0.3, -0.25) is 0 Å². The minimum atomic E-state index is -0.724. The van der Waals surface area contributed by atoms with E-state index >= 15 is 0 Å². The number of hydrogen-bond donors (Lipinski definition) is 1. The van der Waals surface area contributed by atoms with Crippen LogP contribution in [0.3, 0.4) is 0 Å². The third-order valence-electron chi connectivity index (χ3n) is 5.45. The Morgan fingerprint density at radius 3 is 1.94 bits per heavy atom. The number of thiazole rings is 1. The number of alkyl halides is 1. The summed E-state index contributed by atoms with van der Waals surface area (Å²) >= 11 is 3.58. The molecule has 1 aromatic heterocycles. The van der Waals surface area contributed by atoms with E-state index in [2.05, 4.69) is 69.5 Å². The Bertz CT molecular complexity index is 1180. The molecule has 3 aromatic carbocycles. The van der Waals surface area contributed by atoms with Crippen molar-refractivity contribution < 1.29 is 14.4 Å². The van der Waals surface area contributed by atoms with E-state index in [1.165, 1.54) is 11.3 Å². The lowest BCUT2D eigenvalue weighted by Gasteiger charge is -2.36. The Balaban J connectivity index is 1.82. The number of carbonyl (C=O) groups is 1. The van der Waals surface area contributed by atoms with Gasteiger partial charge in [-0.2, -0.15) is 0 Å². The van der Waals surface area contributed by atoms with Crippen LogP contribution in [0.2, 0.25) is 0 Å². The van der Waals surface area contributed by atoms with Crippen molar-refractivity contribution in [2.75, 3.05) is 23.0 Å². The van der Waals surface area contributed by atoms with Gasteiger partial charge in [0.05, 0.1) is 6.61 Å². The number of hydrogen-bond acceptors (Lipinski definition) is 7. The summed E-state index contributed by atoms with van der Waals surface area (Å²) < 4.78 is 5.94. The highest BCUT2D eigenvalue weighted by Crippen LogP contribution is 2.40. The van der Waals surface area contributed by atoms with Gasteiger partial charge in [-0.05, 0) is 23.6 Å². The summed E-state index contributed by atoms with van der Waals surface area (Å²) in [7, 11) is 0. The number of oxime groups is 1. The van der Waals surface area contributed by atoms with Gasteiger partial charge in [0, 0.05) is 9.81 Å². The van der Waals surface area contributed by atoms with Crippen LogP contribution >= 0.6 is 33.9 Å². The fourth-order valence-electron chi connectivity index (χ4n) is 3.91. The quantitative estimate of drug-likeness (QED) is 0.0412. The van der Waals surface area contributed by atoms with Crippen LogP contribution in [0, 0.1) is 0 Å². The highest BCUT2D eigenvalue weighted by atomic mass is 127. The third-order valence-corrected chi connectivity index (χ3v) is 6.65. The van der Waals surface area contributed by atoms with Gasteiger partial charge in [0.2, 0.25) is 5.71 Å². The lowest BCUT2D eigenvalue weighted by atomic mass is 9.77. The lowest BCUT2D eigenvalue weighted by Crippen LogP contribution is -2.38. The molecule has 0 saturated heterocycles. The molecule has 0 radical (unpaired) electrons. The van der Waals surface area contributed by atoms with Crippen molar-refractivity contribution in [3.05, 3.63) is 119 Å². The molecule has 0 aliphatic heterocycles. The molecule has 0 aliphatic rings. The van der Waals surface area contributed by atoms with E-state index in [9.17, 15) is 4.79 Å². The topological polar surface area (TPSA) is 72.8 Å². The molecule has 0 spiro atoms. The van der Waals surface area contributed by atoms with E-state index in [-0.39, 0.29) is 12.3 Å². The fourth-order valence-corrected chi connectivity index (χ4v) is 4.86. The molecule has 0 bridgehead atoms. The van der Waals surface area contributed by atoms with Crippen LogP contribution in [0.1, 0.15) is 29.3 Å². The molecular formula is C28H26IN3O3S. The zero-order valence-electron chi connectivity index (χ0n) is 19.8. The van der Waals surface area contributed by atoms with Gasteiger partial charge < -0.3 is 14.9 Å². The molecule has 184 valence electrons. The van der Waals surface area contributed by atoms with E-state index in [4.69, 9.17) is 14.6 Å². The first-order valence-corrected chi connectivity index (χ1v) is 13.9. The van der Waals surface area contributed by atoms with Crippen LogP contribution in [0.25, 0.3) is 0 Å². The molecule has 36 heavy (non-hydrogen) atoms. The molecule has 4 aromatic rings. The van der Waals surface area contributed by atoms with Crippen LogP contribution in [0.15, 0.2) is 102 Å². The highest BCUT2D eigenvalue weighted by Gasteiger charge is 2.37.